The molecule has 0 aromatic heterocycles. The third-order valence-electron chi connectivity index (χ3n) is 3.43. The maximum atomic E-state index is 11.2. The number of benzene rings is 2. The van der Waals surface area contributed by atoms with Crippen LogP contribution >= 0.6 is 0 Å². The van der Waals surface area contributed by atoms with Crippen molar-refractivity contribution in [3.63, 3.8) is 0 Å². The predicted molar refractivity (Wildman–Crippen MR) is 77.9 cm³/mol. The van der Waals surface area contributed by atoms with E-state index in [1.54, 1.807) is 12.1 Å². The number of para-hydroxylation sites is 1. The molecule has 2 aromatic rings. The molecule has 1 heterocycles. The normalized spacial score (nSPS) is 16.0. The fraction of sp³-hybridized carbons (Fsp3) is 0.200. The first-order chi connectivity index (χ1) is 10.2. The fourth-order valence-electron chi connectivity index (χ4n) is 2.38. The van der Waals surface area contributed by atoms with Gasteiger partial charge in [0.1, 0.15) is 23.8 Å². The molecule has 1 aliphatic heterocycles. The van der Waals surface area contributed by atoms with Crippen LogP contribution in [-0.2, 0) is 0 Å². The summed E-state index contributed by atoms with van der Waals surface area (Å²) in [4.78, 5) is 10.8. The highest BCUT2D eigenvalue weighted by molar-refractivity contribution is 5.65. The van der Waals surface area contributed by atoms with Gasteiger partial charge in [0.05, 0.1) is 24.1 Å². The molecule has 0 saturated carbocycles. The van der Waals surface area contributed by atoms with Crippen LogP contribution in [0, 0.1) is 10.1 Å². The van der Waals surface area contributed by atoms with Crippen molar-refractivity contribution in [2.24, 2.45) is 0 Å². The standard InChI is InChI=1S/C15H14N2O4/c1-20-10-6-7-12(14(8-10)17(18)19)16-13-9-21-15-5-3-2-4-11(13)15/h2-8,13,16H,9H2,1H3. The Morgan fingerprint density at radius 3 is 2.90 bits per heavy atom. The molecule has 1 aliphatic rings. The Morgan fingerprint density at radius 2 is 2.14 bits per heavy atom. The summed E-state index contributed by atoms with van der Waals surface area (Å²) in [6.07, 6.45) is 0. The van der Waals surface area contributed by atoms with Crippen LogP contribution in [0.3, 0.4) is 0 Å². The number of nitro groups is 1. The van der Waals surface area contributed by atoms with Crippen LogP contribution in [0.1, 0.15) is 11.6 Å². The lowest BCUT2D eigenvalue weighted by atomic mass is 10.1. The number of ether oxygens (including phenoxy) is 2. The molecule has 0 bridgehead atoms. The third kappa shape index (κ3) is 2.47. The van der Waals surface area contributed by atoms with Gasteiger partial charge in [-0.2, -0.15) is 0 Å². The van der Waals surface area contributed by atoms with E-state index in [4.69, 9.17) is 9.47 Å². The number of rotatable bonds is 4. The van der Waals surface area contributed by atoms with Gasteiger partial charge < -0.3 is 14.8 Å². The molecule has 0 radical (unpaired) electrons. The monoisotopic (exact) mass is 286 g/mol. The highest BCUT2D eigenvalue weighted by atomic mass is 16.6. The van der Waals surface area contributed by atoms with Gasteiger partial charge >= 0.3 is 0 Å². The first-order valence-electron chi connectivity index (χ1n) is 6.49. The first-order valence-corrected chi connectivity index (χ1v) is 6.49. The van der Waals surface area contributed by atoms with E-state index >= 15 is 0 Å². The van der Waals surface area contributed by atoms with Crippen LogP contribution in [0.2, 0.25) is 0 Å². The van der Waals surface area contributed by atoms with Crippen LogP contribution in [0.25, 0.3) is 0 Å². The molecule has 1 unspecified atom stereocenters. The van der Waals surface area contributed by atoms with Gasteiger partial charge in [-0.25, -0.2) is 0 Å². The smallest absolute Gasteiger partial charge is 0.296 e. The minimum atomic E-state index is -0.424. The van der Waals surface area contributed by atoms with Gasteiger partial charge in [0, 0.05) is 5.56 Å². The Kier molecular flexibility index (Phi) is 3.35. The van der Waals surface area contributed by atoms with Crippen molar-refractivity contribution in [3.8, 4) is 11.5 Å². The summed E-state index contributed by atoms with van der Waals surface area (Å²) >= 11 is 0. The number of nitrogens with one attached hydrogen (secondary N) is 1. The fourth-order valence-corrected chi connectivity index (χ4v) is 2.38. The zero-order valence-corrected chi connectivity index (χ0v) is 11.4. The molecular formula is C15H14N2O4. The van der Waals surface area contributed by atoms with Crippen LogP contribution in [0.5, 0.6) is 11.5 Å². The van der Waals surface area contributed by atoms with Crippen LogP contribution in [0.15, 0.2) is 42.5 Å². The van der Waals surface area contributed by atoms with Crippen molar-refractivity contribution in [2.75, 3.05) is 19.0 Å². The van der Waals surface area contributed by atoms with Gasteiger partial charge in [0.2, 0.25) is 0 Å². The Hall–Kier alpha value is -2.76. The van der Waals surface area contributed by atoms with E-state index in [9.17, 15) is 10.1 Å². The highest BCUT2D eigenvalue weighted by Crippen LogP contribution is 2.37. The molecule has 3 rings (SSSR count). The van der Waals surface area contributed by atoms with Crippen LogP contribution in [0.4, 0.5) is 11.4 Å². The Balaban J connectivity index is 1.91. The van der Waals surface area contributed by atoms with Gasteiger partial charge in [0.15, 0.2) is 0 Å². The summed E-state index contributed by atoms with van der Waals surface area (Å²) in [6, 6.07) is 12.3. The molecule has 1 N–H and O–H groups in total. The number of nitrogens with zero attached hydrogens (tertiary/aromatic N) is 1. The summed E-state index contributed by atoms with van der Waals surface area (Å²) < 4.78 is 10.6. The van der Waals surface area contributed by atoms with Gasteiger partial charge in [-0.15, -0.1) is 0 Å². The van der Waals surface area contributed by atoms with Crippen molar-refractivity contribution in [2.45, 2.75) is 6.04 Å². The lowest BCUT2D eigenvalue weighted by Crippen LogP contribution is -2.13. The van der Waals surface area contributed by atoms with Crippen LogP contribution in [-0.4, -0.2) is 18.6 Å². The largest absolute Gasteiger partial charge is 0.496 e. The Morgan fingerprint density at radius 1 is 1.33 bits per heavy atom. The lowest BCUT2D eigenvalue weighted by Gasteiger charge is -2.13. The molecule has 0 fully saturated rings. The second-order valence-electron chi connectivity index (χ2n) is 4.69. The van der Waals surface area contributed by atoms with Gasteiger partial charge in [0.25, 0.3) is 5.69 Å². The van der Waals surface area contributed by atoms with E-state index < -0.39 is 4.92 Å². The van der Waals surface area contributed by atoms with Gasteiger partial charge in [-0.05, 0) is 18.2 Å². The van der Waals surface area contributed by atoms with E-state index in [0.717, 1.165) is 11.3 Å². The molecule has 2 aromatic carbocycles. The van der Waals surface area contributed by atoms with Crippen molar-refractivity contribution >= 4 is 11.4 Å². The molecule has 0 aliphatic carbocycles. The molecule has 1 atom stereocenters. The summed E-state index contributed by atoms with van der Waals surface area (Å²) in [5.74, 6) is 1.27. The molecule has 6 heteroatoms. The van der Waals surface area contributed by atoms with Crippen molar-refractivity contribution in [1.29, 1.82) is 0 Å². The zero-order valence-electron chi connectivity index (χ0n) is 11.4. The molecule has 21 heavy (non-hydrogen) atoms. The Bertz CT molecular complexity index is 687. The minimum absolute atomic E-state index is 0.0151. The second-order valence-corrected chi connectivity index (χ2v) is 4.69. The van der Waals surface area contributed by atoms with Crippen molar-refractivity contribution in [3.05, 3.63) is 58.1 Å². The number of methoxy groups -OCH3 is 1. The second kappa shape index (κ2) is 5.32. The van der Waals surface area contributed by atoms with E-state index in [0.29, 0.717) is 18.0 Å². The number of nitro benzene ring substituents is 1. The lowest BCUT2D eigenvalue weighted by molar-refractivity contribution is -0.384. The average molecular weight is 286 g/mol. The van der Waals surface area contributed by atoms with Gasteiger partial charge in [-0.1, -0.05) is 18.2 Å². The molecule has 0 amide bonds. The van der Waals surface area contributed by atoms with Crippen molar-refractivity contribution < 1.29 is 14.4 Å². The molecule has 6 nitrogen and oxygen atoms in total. The quantitative estimate of drug-likeness (QED) is 0.690. The summed E-state index contributed by atoms with van der Waals surface area (Å²) in [7, 11) is 1.48. The summed E-state index contributed by atoms with van der Waals surface area (Å²) in [5.41, 5.74) is 1.44. The molecule has 0 spiro atoms. The number of anilines is 1. The van der Waals surface area contributed by atoms with E-state index in [2.05, 4.69) is 5.32 Å². The SMILES string of the molecule is COc1ccc(NC2COc3ccccc32)c([N+](=O)[O-])c1. The van der Waals surface area contributed by atoms with Crippen LogP contribution < -0.4 is 14.8 Å². The van der Waals surface area contributed by atoms with E-state index in [1.165, 1.54) is 13.2 Å². The predicted octanol–water partition coefficient (Wildman–Crippen LogP) is 3.15. The van der Waals surface area contributed by atoms with Crippen molar-refractivity contribution in [1.82, 2.24) is 0 Å². The maximum absolute atomic E-state index is 11.2. The third-order valence-corrected chi connectivity index (χ3v) is 3.43. The van der Waals surface area contributed by atoms with E-state index in [1.807, 2.05) is 24.3 Å². The summed E-state index contributed by atoms with van der Waals surface area (Å²) in [5, 5.41) is 14.4. The maximum Gasteiger partial charge on any atom is 0.296 e. The average Bonchev–Trinajstić information content (AvgIpc) is 2.91. The topological polar surface area (TPSA) is 73.6 Å². The molecule has 0 saturated heterocycles. The Labute approximate surface area is 121 Å². The molecule has 108 valence electrons. The van der Waals surface area contributed by atoms with E-state index in [-0.39, 0.29) is 11.7 Å². The molecular weight excluding hydrogens is 272 g/mol. The van der Waals surface area contributed by atoms with Gasteiger partial charge in [-0.3, -0.25) is 10.1 Å². The number of hydrogen-bond acceptors (Lipinski definition) is 5. The number of hydrogen-bond donors (Lipinski definition) is 1. The number of fused-ring (bicyclic) bond motifs is 1. The highest BCUT2D eigenvalue weighted by Gasteiger charge is 2.26. The summed E-state index contributed by atoms with van der Waals surface area (Å²) in [6.45, 7) is 0.447. The minimum Gasteiger partial charge on any atom is -0.496 e. The first kappa shape index (κ1) is 13.2. The zero-order chi connectivity index (χ0) is 14.8.